The Hall–Kier alpha value is -1.40. The van der Waals surface area contributed by atoms with E-state index in [1.54, 1.807) is 24.3 Å². The van der Waals surface area contributed by atoms with Crippen LogP contribution in [0.15, 0.2) is 29.7 Å². The smallest absolute Gasteiger partial charge is 0.173 e. The number of rotatable bonds is 4. The van der Waals surface area contributed by atoms with E-state index >= 15 is 0 Å². The van der Waals surface area contributed by atoms with Crippen molar-refractivity contribution in [3.8, 4) is 5.75 Å². The molecule has 1 heterocycles. The second-order valence-corrected chi connectivity index (χ2v) is 6.01. The van der Waals surface area contributed by atoms with Crippen LogP contribution in [0.3, 0.4) is 0 Å². The molecule has 1 aromatic carbocycles. The van der Waals surface area contributed by atoms with Crippen LogP contribution in [0.2, 0.25) is 0 Å². The Morgan fingerprint density at radius 3 is 2.89 bits per heavy atom. The van der Waals surface area contributed by atoms with Gasteiger partial charge in [0.25, 0.3) is 0 Å². The molecule has 0 bridgehead atoms. The highest BCUT2D eigenvalue weighted by atomic mass is 32.2. The van der Waals surface area contributed by atoms with Crippen molar-refractivity contribution in [2.75, 3.05) is 12.9 Å². The lowest BCUT2D eigenvalue weighted by Crippen LogP contribution is -2.29. The summed E-state index contributed by atoms with van der Waals surface area (Å²) >= 11 is 0. The van der Waals surface area contributed by atoms with Gasteiger partial charge in [0, 0.05) is 23.6 Å². The monoisotopic (exact) mass is 271 g/mol. The summed E-state index contributed by atoms with van der Waals surface area (Å²) in [5.74, 6) is -0.209. The number of ether oxygens (including phenoxy) is 1. The normalized spacial score (nSPS) is 21.1. The number of nitrogens with one attached hydrogen (secondary N) is 1. The number of hydrogen-bond acceptors (Lipinski definition) is 4. The first-order valence-electron chi connectivity index (χ1n) is 5.47. The molecule has 98 valence electrons. The van der Waals surface area contributed by atoms with E-state index in [9.17, 15) is 12.8 Å². The van der Waals surface area contributed by atoms with Crippen molar-refractivity contribution in [2.24, 2.45) is 0 Å². The maximum absolute atomic E-state index is 13.8. The van der Waals surface area contributed by atoms with Crippen LogP contribution in [0.5, 0.6) is 5.75 Å². The predicted molar refractivity (Wildman–Crippen MR) is 66.5 cm³/mol. The Morgan fingerprint density at radius 1 is 1.50 bits per heavy atom. The Labute approximate surface area is 105 Å². The van der Waals surface area contributed by atoms with Gasteiger partial charge in [-0.05, 0) is 6.07 Å². The molecule has 1 aliphatic heterocycles. The van der Waals surface area contributed by atoms with Crippen molar-refractivity contribution in [3.63, 3.8) is 0 Å². The highest BCUT2D eigenvalue weighted by molar-refractivity contribution is 7.94. The van der Waals surface area contributed by atoms with E-state index in [0.717, 1.165) is 0 Å². The number of benzene rings is 1. The van der Waals surface area contributed by atoms with Gasteiger partial charge >= 0.3 is 0 Å². The molecule has 1 unspecified atom stereocenters. The molecule has 0 aliphatic carbocycles. The molecule has 0 spiro atoms. The predicted octanol–water partition coefficient (Wildman–Crippen LogP) is 1.23. The maximum Gasteiger partial charge on any atom is 0.173 e. The lowest BCUT2D eigenvalue weighted by Gasteiger charge is -2.11. The molecule has 1 aromatic rings. The second-order valence-electron chi connectivity index (χ2n) is 4.08. The summed E-state index contributed by atoms with van der Waals surface area (Å²) in [6.45, 7) is 0.258. The Kier molecular flexibility index (Phi) is 3.68. The van der Waals surface area contributed by atoms with Gasteiger partial charge in [0.1, 0.15) is 0 Å². The zero-order valence-corrected chi connectivity index (χ0v) is 10.7. The van der Waals surface area contributed by atoms with E-state index in [2.05, 4.69) is 5.32 Å². The number of halogens is 1. The molecule has 4 nitrogen and oxygen atoms in total. The Morgan fingerprint density at radius 2 is 2.28 bits per heavy atom. The van der Waals surface area contributed by atoms with Gasteiger partial charge in [-0.1, -0.05) is 18.2 Å². The fraction of sp³-hybridized carbons (Fsp3) is 0.333. The van der Waals surface area contributed by atoms with Crippen LogP contribution in [-0.4, -0.2) is 27.3 Å². The summed E-state index contributed by atoms with van der Waals surface area (Å²) in [7, 11) is -1.68. The average Bonchev–Trinajstić information content (AvgIpc) is 2.68. The van der Waals surface area contributed by atoms with Crippen LogP contribution >= 0.6 is 0 Å². The van der Waals surface area contributed by atoms with Crippen molar-refractivity contribution in [3.05, 3.63) is 41.1 Å². The van der Waals surface area contributed by atoms with Gasteiger partial charge in [-0.3, -0.25) is 0 Å². The highest BCUT2D eigenvalue weighted by Gasteiger charge is 2.21. The minimum atomic E-state index is -3.08. The lowest BCUT2D eigenvalue weighted by atomic mass is 10.2. The number of methoxy groups -OCH3 is 1. The topological polar surface area (TPSA) is 55.4 Å². The van der Waals surface area contributed by atoms with Crippen molar-refractivity contribution in [1.29, 1.82) is 0 Å². The van der Waals surface area contributed by atoms with Crippen LogP contribution in [0, 0.1) is 5.82 Å². The molecule has 2 rings (SSSR count). The van der Waals surface area contributed by atoms with Crippen LogP contribution in [-0.2, 0) is 16.4 Å². The highest BCUT2D eigenvalue weighted by Crippen LogP contribution is 2.20. The summed E-state index contributed by atoms with van der Waals surface area (Å²) in [5, 5.41) is 4.17. The van der Waals surface area contributed by atoms with Crippen molar-refractivity contribution >= 4 is 9.84 Å². The first-order valence-corrected chi connectivity index (χ1v) is 7.19. The summed E-state index contributed by atoms with van der Waals surface area (Å²) in [6.07, 6.45) is 1.58. The minimum Gasteiger partial charge on any atom is -0.494 e. The van der Waals surface area contributed by atoms with E-state index in [1.807, 2.05) is 0 Å². The first kappa shape index (κ1) is 13.0. The zero-order chi connectivity index (χ0) is 13.2. The summed E-state index contributed by atoms with van der Waals surface area (Å²) in [6, 6.07) is 4.61. The largest absolute Gasteiger partial charge is 0.494 e. The fourth-order valence-corrected chi connectivity index (χ4v) is 3.06. The molecule has 0 radical (unpaired) electrons. The van der Waals surface area contributed by atoms with Crippen LogP contribution in [0.4, 0.5) is 4.39 Å². The van der Waals surface area contributed by atoms with Crippen molar-refractivity contribution in [2.45, 2.75) is 12.6 Å². The Bertz CT molecular complexity index is 569. The van der Waals surface area contributed by atoms with Crippen molar-refractivity contribution in [1.82, 2.24) is 5.32 Å². The molecule has 1 atom stereocenters. The molecule has 0 aromatic heterocycles. The molecular weight excluding hydrogens is 257 g/mol. The van der Waals surface area contributed by atoms with E-state index in [4.69, 9.17) is 4.74 Å². The van der Waals surface area contributed by atoms with Gasteiger partial charge in [0.15, 0.2) is 21.4 Å². The third-order valence-electron chi connectivity index (χ3n) is 2.75. The number of sulfone groups is 1. The molecule has 18 heavy (non-hydrogen) atoms. The summed E-state index contributed by atoms with van der Waals surface area (Å²) < 4.78 is 41.1. The number of hydrogen-bond donors (Lipinski definition) is 1. The zero-order valence-electron chi connectivity index (χ0n) is 9.89. The maximum atomic E-state index is 13.8. The molecule has 0 amide bonds. The lowest BCUT2D eigenvalue weighted by molar-refractivity contribution is 0.383. The third-order valence-corrected chi connectivity index (χ3v) is 4.14. The molecule has 1 aliphatic rings. The minimum absolute atomic E-state index is 0.0264. The summed E-state index contributed by atoms with van der Waals surface area (Å²) in [4.78, 5) is 0. The average molecular weight is 271 g/mol. The van der Waals surface area contributed by atoms with Gasteiger partial charge < -0.3 is 10.1 Å². The van der Waals surface area contributed by atoms with E-state index < -0.39 is 15.7 Å². The molecule has 0 saturated heterocycles. The molecule has 6 heteroatoms. The van der Waals surface area contributed by atoms with Crippen LogP contribution in [0.25, 0.3) is 0 Å². The van der Waals surface area contributed by atoms with Gasteiger partial charge in [0.05, 0.1) is 12.9 Å². The third kappa shape index (κ3) is 2.88. The first-order chi connectivity index (χ1) is 8.52. The molecule has 0 saturated carbocycles. The SMILES string of the molecule is COc1cccc(CNC2C=CS(=O)(=O)C2)c1F. The van der Waals surface area contributed by atoms with Gasteiger partial charge in [0.2, 0.25) is 0 Å². The van der Waals surface area contributed by atoms with Crippen LogP contribution in [0.1, 0.15) is 5.56 Å². The summed E-state index contributed by atoms with van der Waals surface area (Å²) in [5.41, 5.74) is 0.451. The van der Waals surface area contributed by atoms with Crippen molar-refractivity contribution < 1.29 is 17.5 Å². The fourth-order valence-electron chi connectivity index (χ4n) is 1.79. The molecule has 0 fully saturated rings. The van der Waals surface area contributed by atoms with E-state index in [1.165, 1.54) is 12.5 Å². The molecular formula is C12H14FNO3S. The van der Waals surface area contributed by atoms with E-state index in [-0.39, 0.29) is 24.1 Å². The van der Waals surface area contributed by atoms with Gasteiger partial charge in [-0.25, -0.2) is 12.8 Å². The van der Waals surface area contributed by atoms with Crippen LogP contribution < -0.4 is 10.1 Å². The molecule has 1 N–H and O–H groups in total. The Balaban J connectivity index is 2.01. The van der Waals surface area contributed by atoms with E-state index in [0.29, 0.717) is 5.56 Å². The quantitative estimate of drug-likeness (QED) is 0.895. The second kappa shape index (κ2) is 5.07. The standard InChI is InChI=1S/C12H14FNO3S/c1-17-11-4-2-3-9(12(11)13)7-14-10-5-6-18(15,16)8-10/h2-6,10,14H,7-8H2,1H3. The van der Waals surface area contributed by atoms with Gasteiger partial charge in [-0.2, -0.15) is 0 Å². The van der Waals surface area contributed by atoms with Gasteiger partial charge in [-0.15, -0.1) is 0 Å².